The molecule has 0 radical (unpaired) electrons. The first-order chi connectivity index (χ1) is 10.5. The Morgan fingerprint density at radius 1 is 1.45 bits per heavy atom. The summed E-state index contributed by atoms with van der Waals surface area (Å²) < 4.78 is 1.12. The Morgan fingerprint density at radius 3 is 2.91 bits per heavy atom. The highest BCUT2D eigenvalue weighted by Gasteiger charge is 2.14. The predicted molar refractivity (Wildman–Crippen MR) is 95.5 cm³/mol. The van der Waals surface area contributed by atoms with E-state index < -0.39 is 0 Å². The number of aryl methyl sites for hydroxylation is 1. The maximum Gasteiger partial charge on any atom is 0.230 e. The molecule has 2 N–H and O–H groups in total. The maximum atomic E-state index is 12.0. The second-order valence-electron chi connectivity index (χ2n) is 5.34. The summed E-state index contributed by atoms with van der Waals surface area (Å²) in [4.78, 5) is 17.4. The number of nitrogens with zero attached hydrogens (tertiary/aromatic N) is 1. The van der Waals surface area contributed by atoms with Crippen LogP contribution in [0.5, 0.6) is 0 Å². The van der Waals surface area contributed by atoms with Crippen LogP contribution in [0.15, 0.2) is 28.9 Å². The van der Waals surface area contributed by atoms with Crippen LogP contribution in [0.1, 0.15) is 22.9 Å². The number of carbonyl (C=O) groups is 1. The minimum absolute atomic E-state index is 0.00487. The number of hydrogen-bond donors (Lipinski definition) is 2. The van der Waals surface area contributed by atoms with E-state index in [1.165, 1.54) is 22.5 Å². The summed E-state index contributed by atoms with van der Waals surface area (Å²) in [5.41, 5.74) is 2.46. The molecule has 1 atom stereocenters. The number of nitrogens with one attached hydrogen (secondary N) is 2. The number of thiazole rings is 1. The third kappa shape index (κ3) is 4.63. The van der Waals surface area contributed by atoms with E-state index in [1.807, 2.05) is 20.2 Å². The number of rotatable bonds is 6. The second-order valence-corrected chi connectivity index (χ2v) is 7.31. The number of aromatic nitrogens is 1. The zero-order valence-corrected chi connectivity index (χ0v) is 15.3. The molecule has 2 rings (SSSR count). The van der Waals surface area contributed by atoms with Crippen LogP contribution < -0.4 is 10.6 Å². The number of amides is 1. The molecule has 0 spiro atoms. The third-order valence-electron chi connectivity index (χ3n) is 3.34. The highest BCUT2D eigenvalue weighted by atomic mass is 79.9. The molecule has 2 aromatic rings. The van der Waals surface area contributed by atoms with Crippen molar-refractivity contribution >= 4 is 38.3 Å². The summed E-state index contributed by atoms with van der Waals surface area (Å²) in [7, 11) is 1.84. The van der Waals surface area contributed by atoms with Gasteiger partial charge in [0.25, 0.3) is 0 Å². The van der Waals surface area contributed by atoms with Crippen molar-refractivity contribution in [2.75, 3.05) is 18.9 Å². The molecule has 0 aliphatic heterocycles. The largest absolute Gasteiger partial charge is 0.319 e. The molecular formula is C16H20BrN3OS. The molecule has 1 amide bonds. The van der Waals surface area contributed by atoms with Crippen LogP contribution in [0.4, 0.5) is 5.13 Å². The topological polar surface area (TPSA) is 54.0 Å². The third-order valence-corrected chi connectivity index (χ3v) is 5.14. The van der Waals surface area contributed by atoms with Gasteiger partial charge in [-0.2, -0.15) is 0 Å². The van der Waals surface area contributed by atoms with E-state index in [2.05, 4.69) is 56.7 Å². The zero-order valence-electron chi connectivity index (χ0n) is 12.9. The average molecular weight is 382 g/mol. The maximum absolute atomic E-state index is 12.0. The average Bonchev–Trinajstić information content (AvgIpc) is 2.90. The van der Waals surface area contributed by atoms with Crippen LogP contribution in [-0.2, 0) is 11.2 Å². The quantitative estimate of drug-likeness (QED) is 0.803. The molecule has 1 aromatic carbocycles. The van der Waals surface area contributed by atoms with E-state index in [4.69, 9.17) is 0 Å². The zero-order chi connectivity index (χ0) is 16.1. The summed E-state index contributed by atoms with van der Waals surface area (Å²) in [6.07, 6.45) is 2.66. The van der Waals surface area contributed by atoms with Gasteiger partial charge in [0.1, 0.15) is 0 Å². The Bertz CT molecular complexity index is 657. The molecular weight excluding hydrogens is 362 g/mol. The van der Waals surface area contributed by atoms with Crippen molar-refractivity contribution < 1.29 is 4.79 Å². The van der Waals surface area contributed by atoms with Crippen molar-refractivity contribution in [2.24, 2.45) is 5.92 Å². The molecule has 1 heterocycles. The minimum Gasteiger partial charge on any atom is -0.319 e. The monoisotopic (exact) mass is 381 g/mol. The summed E-state index contributed by atoms with van der Waals surface area (Å²) in [5.74, 6) is -0.0822. The van der Waals surface area contributed by atoms with Gasteiger partial charge < -0.3 is 10.6 Å². The first-order valence-corrected chi connectivity index (χ1v) is 8.75. The molecule has 4 nitrogen and oxygen atoms in total. The Labute approximate surface area is 143 Å². The molecule has 0 bridgehead atoms. The molecule has 1 aromatic heterocycles. The summed E-state index contributed by atoms with van der Waals surface area (Å²) in [5, 5.41) is 6.54. The van der Waals surface area contributed by atoms with Crippen LogP contribution in [0.2, 0.25) is 0 Å². The van der Waals surface area contributed by atoms with Gasteiger partial charge in [-0.05, 0) is 31.2 Å². The number of hydrogen-bond acceptors (Lipinski definition) is 4. The van der Waals surface area contributed by atoms with E-state index in [0.717, 1.165) is 15.8 Å². The molecule has 1 unspecified atom stereocenters. The molecule has 6 heteroatoms. The Kier molecular flexibility index (Phi) is 6.11. The number of anilines is 1. The Hall–Kier alpha value is -1.24. The summed E-state index contributed by atoms with van der Waals surface area (Å²) in [6, 6.07) is 6.33. The fourth-order valence-corrected chi connectivity index (χ4v) is 3.19. The van der Waals surface area contributed by atoms with Crippen molar-refractivity contribution in [3.8, 4) is 0 Å². The van der Waals surface area contributed by atoms with E-state index in [1.54, 1.807) is 0 Å². The van der Waals surface area contributed by atoms with Crippen LogP contribution >= 0.6 is 27.3 Å². The van der Waals surface area contributed by atoms with Crippen LogP contribution in [-0.4, -0.2) is 24.5 Å². The Balaban J connectivity index is 1.99. The SMILES string of the molecule is CNCC(C)C(=O)Nc1ncc(Cc2ccc(Br)c(C)c2)s1. The van der Waals surface area contributed by atoms with Gasteiger partial charge in [-0.1, -0.05) is 35.0 Å². The minimum atomic E-state index is -0.0773. The normalized spacial score (nSPS) is 12.2. The number of carbonyl (C=O) groups excluding carboxylic acids is 1. The Morgan fingerprint density at radius 2 is 2.23 bits per heavy atom. The standard InChI is InChI=1S/C16H20BrN3OS/c1-10-6-12(4-5-14(10)17)7-13-9-19-16(22-13)20-15(21)11(2)8-18-3/h4-6,9,11,18H,7-8H2,1-3H3,(H,19,20,21). The van der Waals surface area contributed by atoms with Crippen molar-refractivity contribution in [1.29, 1.82) is 0 Å². The molecule has 0 saturated carbocycles. The molecule has 0 saturated heterocycles. The molecule has 118 valence electrons. The van der Waals surface area contributed by atoms with E-state index in [9.17, 15) is 4.79 Å². The molecule has 22 heavy (non-hydrogen) atoms. The molecule has 0 aliphatic rings. The van der Waals surface area contributed by atoms with Gasteiger partial charge in [-0.15, -0.1) is 11.3 Å². The van der Waals surface area contributed by atoms with Gasteiger partial charge in [-0.25, -0.2) is 4.98 Å². The summed E-state index contributed by atoms with van der Waals surface area (Å²) >= 11 is 5.04. The summed E-state index contributed by atoms with van der Waals surface area (Å²) in [6.45, 7) is 4.63. The smallest absolute Gasteiger partial charge is 0.230 e. The molecule has 0 fully saturated rings. The van der Waals surface area contributed by atoms with Crippen molar-refractivity contribution in [3.63, 3.8) is 0 Å². The highest BCUT2D eigenvalue weighted by Crippen LogP contribution is 2.24. The fraction of sp³-hybridized carbons (Fsp3) is 0.375. The number of halogens is 1. The van der Waals surface area contributed by atoms with Gasteiger partial charge >= 0.3 is 0 Å². The number of benzene rings is 1. The predicted octanol–water partition coefficient (Wildman–Crippen LogP) is 3.60. The van der Waals surface area contributed by atoms with Gasteiger partial charge in [0.15, 0.2) is 5.13 Å². The highest BCUT2D eigenvalue weighted by molar-refractivity contribution is 9.10. The van der Waals surface area contributed by atoms with Gasteiger partial charge in [0, 0.05) is 34.4 Å². The fourth-order valence-electron chi connectivity index (χ4n) is 2.09. The van der Waals surface area contributed by atoms with Crippen LogP contribution in [0, 0.1) is 12.8 Å². The van der Waals surface area contributed by atoms with Crippen LogP contribution in [0.3, 0.4) is 0 Å². The molecule has 0 aliphatic carbocycles. The lowest BCUT2D eigenvalue weighted by molar-refractivity contribution is -0.119. The van der Waals surface area contributed by atoms with Gasteiger partial charge in [0.05, 0.1) is 0 Å². The first kappa shape index (κ1) is 17.1. The first-order valence-electron chi connectivity index (χ1n) is 7.14. The van der Waals surface area contributed by atoms with E-state index in [0.29, 0.717) is 11.7 Å². The lowest BCUT2D eigenvalue weighted by Gasteiger charge is -2.09. The lowest BCUT2D eigenvalue weighted by Crippen LogP contribution is -2.28. The van der Waals surface area contributed by atoms with Gasteiger partial charge in [0.2, 0.25) is 5.91 Å². The van der Waals surface area contributed by atoms with Crippen LogP contribution in [0.25, 0.3) is 0 Å². The second kappa shape index (κ2) is 7.85. The van der Waals surface area contributed by atoms with Gasteiger partial charge in [-0.3, -0.25) is 4.79 Å². The lowest BCUT2D eigenvalue weighted by atomic mass is 10.1. The van der Waals surface area contributed by atoms with E-state index in [-0.39, 0.29) is 11.8 Å². The van der Waals surface area contributed by atoms with Crippen molar-refractivity contribution in [1.82, 2.24) is 10.3 Å². The van der Waals surface area contributed by atoms with Crippen molar-refractivity contribution in [3.05, 3.63) is 44.9 Å². The van der Waals surface area contributed by atoms with Crippen molar-refractivity contribution in [2.45, 2.75) is 20.3 Å². The van der Waals surface area contributed by atoms with E-state index >= 15 is 0 Å².